The molecule has 0 saturated carbocycles. The van der Waals surface area contributed by atoms with Crippen molar-refractivity contribution in [3.05, 3.63) is 65.0 Å². The second kappa shape index (κ2) is 8.47. The highest BCUT2D eigenvalue weighted by molar-refractivity contribution is 7.15. The van der Waals surface area contributed by atoms with Crippen LogP contribution in [0, 0.1) is 5.82 Å². The zero-order valence-electron chi connectivity index (χ0n) is 15.9. The predicted molar refractivity (Wildman–Crippen MR) is 110 cm³/mol. The number of hydrogen-bond donors (Lipinski definition) is 1. The van der Waals surface area contributed by atoms with Gasteiger partial charge in [0, 0.05) is 44.6 Å². The van der Waals surface area contributed by atoms with E-state index in [1.54, 1.807) is 18.3 Å². The fraction of sp³-hybridized carbons (Fsp3) is 0.300. The van der Waals surface area contributed by atoms with Crippen LogP contribution in [0.5, 0.6) is 0 Å². The Morgan fingerprint density at radius 3 is 2.33 bits per heavy atom. The van der Waals surface area contributed by atoms with Gasteiger partial charge in [-0.25, -0.2) is 14.4 Å². The lowest BCUT2D eigenvalue weighted by Gasteiger charge is -2.36. The van der Waals surface area contributed by atoms with Crippen molar-refractivity contribution in [2.24, 2.45) is 0 Å². The number of thiazole rings is 1. The smallest absolute Gasteiger partial charge is 0.368 e. The molecule has 30 heavy (non-hydrogen) atoms. The van der Waals surface area contributed by atoms with Gasteiger partial charge in [0.2, 0.25) is 0 Å². The number of nitrogens with one attached hydrogen (secondary N) is 1. The Balaban J connectivity index is 1.34. The van der Waals surface area contributed by atoms with Crippen molar-refractivity contribution >= 4 is 28.0 Å². The molecule has 158 valence electrons. The SMILES string of the molecule is Fc1ccc(N2CCN(c3cc(CNc4ncc(C(F)(F)F)s4)ccn3)CC2)cc1. The molecule has 0 aliphatic carbocycles. The van der Waals surface area contributed by atoms with Crippen molar-refractivity contribution in [1.82, 2.24) is 9.97 Å². The molecule has 0 bridgehead atoms. The van der Waals surface area contributed by atoms with Gasteiger partial charge in [0.15, 0.2) is 5.13 Å². The highest BCUT2D eigenvalue weighted by Crippen LogP contribution is 2.35. The van der Waals surface area contributed by atoms with Crippen molar-refractivity contribution in [3.8, 4) is 0 Å². The summed E-state index contributed by atoms with van der Waals surface area (Å²) in [6.07, 6.45) is -1.84. The number of halogens is 4. The van der Waals surface area contributed by atoms with Crippen LogP contribution in [-0.2, 0) is 12.7 Å². The molecule has 0 radical (unpaired) electrons. The van der Waals surface area contributed by atoms with Gasteiger partial charge in [-0.1, -0.05) is 11.3 Å². The van der Waals surface area contributed by atoms with E-state index in [9.17, 15) is 17.6 Å². The van der Waals surface area contributed by atoms with Crippen molar-refractivity contribution < 1.29 is 17.6 Å². The molecule has 1 aliphatic rings. The first-order chi connectivity index (χ1) is 14.4. The van der Waals surface area contributed by atoms with E-state index >= 15 is 0 Å². The lowest BCUT2D eigenvalue weighted by molar-refractivity contribution is -0.134. The molecule has 1 aromatic carbocycles. The van der Waals surface area contributed by atoms with Crippen LogP contribution in [0.2, 0.25) is 0 Å². The summed E-state index contributed by atoms with van der Waals surface area (Å²) in [5, 5.41) is 3.17. The third-order valence-corrected chi connectivity index (χ3v) is 5.83. The Hall–Kier alpha value is -2.88. The first-order valence-corrected chi connectivity index (χ1v) is 10.2. The Morgan fingerprint density at radius 2 is 1.67 bits per heavy atom. The van der Waals surface area contributed by atoms with Crippen LogP contribution in [0.15, 0.2) is 48.8 Å². The highest BCUT2D eigenvalue weighted by atomic mass is 32.1. The number of pyridine rings is 1. The van der Waals surface area contributed by atoms with Crippen molar-refractivity contribution in [2.45, 2.75) is 12.7 Å². The highest BCUT2D eigenvalue weighted by Gasteiger charge is 2.33. The molecule has 2 aromatic heterocycles. The molecular formula is C20H19F4N5S. The summed E-state index contributed by atoms with van der Waals surface area (Å²) in [4.78, 5) is 11.9. The summed E-state index contributed by atoms with van der Waals surface area (Å²) < 4.78 is 51.2. The first-order valence-electron chi connectivity index (χ1n) is 9.36. The summed E-state index contributed by atoms with van der Waals surface area (Å²) in [5.74, 6) is 0.572. The first kappa shape index (κ1) is 20.4. The van der Waals surface area contributed by atoms with E-state index in [0.717, 1.165) is 49.4 Å². The van der Waals surface area contributed by atoms with Crippen LogP contribution < -0.4 is 15.1 Å². The van der Waals surface area contributed by atoms with E-state index in [0.29, 0.717) is 17.9 Å². The van der Waals surface area contributed by atoms with Gasteiger partial charge in [0.05, 0.1) is 6.20 Å². The van der Waals surface area contributed by atoms with Gasteiger partial charge in [-0.05, 0) is 42.0 Å². The van der Waals surface area contributed by atoms with Gasteiger partial charge in [-0.3, -0.25) is 0 Å². The van der Waals surface area contributed by atoms with Crippen LogP contribution >= 0.6 is 11.3 Å². The van der Waals surface area contributed by atoms with Gasteiger partial charge in [0.25, 0.3) is 0 Å². The topological polar surface area (TPSA) is 44.3 Å². The van der Waals surface area contributed by atoms with Gasteiger partial charge in [-0.15, -0.1) is 0 Å². The van der Waals surface area contributed by atoms with Crippen LogP contribution in [-0.4, -0.2) is 36.1 Å². The van der Waals surface area contributed by atoms with E-state index in [2.05, 4.69) is 25.1 Å². The summed E-state index contributed by atoms with van der Waals surface area (Å²) >= 11 is 0.588. The Kier molecular flexibility index (Phi) is 5.76. The van der Waals surface area contributed by atoms with Gasteiger partial charge in [-0.2, -0.15) is 13.2 Å². The van der Waals surface area contributed by atoms with Crippen LogP contribution in [0.1, 0.15) is 10.4 Å². The van der Waals surface area contributed by atoms with Crippen molar-refractivity contribution in [3.63, 3.8) is 0 Å². The van der Waals surface area contributed by atoms with Gasteiger partial charge < -0.3 is 15.1 Å². The number of piperazine rings is 1. The van der Waals surface area contributed by atoms with E-state index < -0.39 is 11.1 Å². The molecule has 0 unspecified atom stereocenters. The molecule has 10 heteroatoms. The molecule has 0 spiro atoms. The summed E-state index contributed by atoms with van der Waals surface area (Å²) in [6, 6.07) is 10.2. The lowest BCUT2D eigenvalue weighted by Crippen LogP contribution is -2.46. The lowest BCUT2D eigenvalue weighted by atomic mass is 10.2. The number of nitrogens with zero attached hydrogens (tertiary/aromatic N) is 4. The molecule has 4 rings (SSSR count). The molecular weight excluding hydrogens is 418 g/mol. The number of aromatic nitrogens is 2. The molecule has 1 fully saturated rings. The number of benzene rings is 1. The van der Waals surface area contributed by atoms with E-state index in [1.165, 1.54) is 12.1 Å². The standard InChI is InChI=1S/C20H19F4N5S/c21-15-1-3-16(4-2-15)28-7-9-29(10-8-28)18-11-14(5-6-25-18)12-26-19-27-13-17(30-19)20(22,23)24/h1-6,11,13H,7-10,12H2,(H,26,27). The fourth-order valence-electron chi connectivity index (χ4n) is 3.25. The average molecular weight is 437 g/mol. The largest absolute Gasteiger partial charge is 0.427 e. The Labute approximate surface area is 175 Å². The third kappa shape index (κ3) is 4.81. The predicted octanol–water partition coefficient (Wildman–Crippen LogP) is 4.63. The van der Waals surface area contributed by atoms with E-state index in [4.69, 9.17) is 0 Å². The van der Waals surface area contributed by atoms with E-state index in [-0.39, 0.29) is 10.9 Å². The normalized spacial score (nSPS) is 14.8. The minimum Gasteiger partial charge on any atom is -0.368 e. The maximum Gasteiger partial charge on any atom is 0.427 e. The summed E-state index contributed by atoms with van der Waals surface area (Å²) in [5.41, 5.74) is 1.90. The minimum atomic E-state index is -4.38. The van der Waals surface area contributed by atoms with Crippen molar-refractivity contribution in [1.29, 1.82) is 0 Å². The zero-order chi connectivity index (χ0) is 21.1. The second-order valence-corrected chi connectivity index (χ2v) is 7.88. The summed E-state index contributed by atoms with van der Waals surface area (Å²) in [7, 11) is 0. The fourth-order valence-corrected chi connectivity index (χ4v) is 3.93. The molecule has 5 nitrogen and oxygen atoms in total. The monoisotopic (exact) mass is 437 g/mol. The third-order valence-electron chi connectivity index (χ3n) is 4.83. The van der Waals surface area contributed by atoms with Crippen LogP contribution in [0.3, 0.4) is 0 Å². The molecule has 3 aromatic rings. The molecule has 1 saturated heterocycles. The molecule has 1 N–H and O–H groups in total. The van der Waals surface area contributed by atoms with Gasteiger partial charge >= 0.3 is 6.18 Å². The molecule has 0 amide bonds. The zero-order valence-corrected chi connectivity index (χ0v) is 16.7. The molecule has 0 atom stereocenters. The Bertz CT molecular complexity index is 981. The van der Waals surface area contributed by atoms with Crippen molar-refractivity contribution in [2.75, 3.05) is 41.3 Å². The number of anilines is 3. The average Bonchev–Trinajstić information content (AvgIpc) is 3.23. The number of rotatable bonds is 5. The maximum atomic E-state index is 13.1. The Morgan fingerprint density at radius 1 is 0.967 bits per heavy atom. The van der Waals surface area contributed by atoms with Crippen LogP contribution in [0.4, 0.5) is 34.2 Å². The van der Waals surface area contributed by atoms with E-state index in [1.807, 2.05) is 12.1 Å². The summed E-state index contributed by atoms with van der Waals surface area (Å²) in [6.45, 7) is 3.46. The second-order valence-electron chi connectivity index (χ2n) is 6.85. The maximum absolute atomic E-state index is 13.1. The molecule has 1 aliphatic heterocycles. The van der Waals surface area contributed by atoms with Crippen LogP contribution in [0.25, 0.3) is 0 Å². The number of alkyl halides is 3. The quantitative estimate of drug-likeness (QED) is 0.590. The molecule has 3 heterocycles. The minimum absolute atomic E-state index is 0.230. The van der Waals surface area contributed by atoms with Gasteiger partial charge in [0.1, 0.15) is 16.5 Å². The number of hydrogen-bond acceptors (Lipinski definition) is 6.